The fraction of sp³-hybridized carbons (Fsp3) is 0.833. The summed E-state index contributed by atoms with van der Waals surface area (Å²) < 4.78 is 1.95. The lowest BCUT2D eigenvalue weighted by Gasteiger charge is -2.26. The van der Waals surface area contributed by atoms with E-state index < -0.39 is 0 Å². The quantitative estimate of drug-likeness (QED) is 0.699. The van der Waals surface area contributed by atoms with E-state index in [1.807, 2.05) is 32.5 Å². The Balaban J connectivity index is 2.31. The van der Waals surface area contributed by atoms with Gasteiger partial charge in [0.05, 0.1) is 6.61 Å². The van der Waals surface area contributed by atoms with Gasteiger partial charge in [0.25, 0.3) is 0 Å². The van der Waals surface area contributed by atoms with E-state index in [0.717, 1.165) is 37.5 Å². The van der Waals surface area contributed by atoms with Crippen LogP contribution in [-0.2, 0) is 6.54 Å². The highest BCUT2D eigenvalue weighted by molar-refractivity contribution is 4.87. The van der Waals surface area contributed by atoms with E-state index in [9.17, 15) is 5.11 Å². The summed E-state index contributed by atoms with van der Waals surface area (Å²) in [5.41, 5.74) is -0.159. The number of nitrogens with one attached hydrogen (secondary N) is 1. The van der Waals surface area contributed by atoms with Crippen LogP contribution in [0.2, 0.25) is 0 Å². The summed E-state index contributed by atoms with van der Waals surface area (Å²) in [6.07, 6.45) is 3.09. The van der Waals surface area contributed by atoms with Crippen molar-refractivity contribution in [2.24, 2.45) is 0 Å². The first-order chi connectivity index (χ1) is 8.00. The predicted octanol–water partition coefficient (Wildman–Crippen LogP) is 1.04. The van der Waals surface area contributed by atoms with Gasteiger partial charge in [-0.05, 0) is 47.1 Å². The molecule has 0 aliphatic carbocycles. The molecule has 0 aliphatic heterocycles. The lowest BCUT2D eigenvalue weighted by atomic mass is 9.96. The molecular weight excluding hydrogens is 216 g/mol. The zero-order valence-electron chi connectivity index (χ0n) is 11.3. The minimum absolute atomic E-state index is 0.159. The number of aromatic nitrogens is 3. The van der Waals surface area contributed by atoms with Gasteiger partial charge in [0, 0.05) is 12.1 Å². The van der Waals surface area contributed by atoms with E-state index >= 15 is 0 Å². The van der Waals surface area contributed by atoms with Crippen molar-refractivity contribution in [3.63, 3.8) is 0 Å². The molecular formula is C12H24N4O. The smallest absolute Gasteiger partial charge is 0.147 e. The number of aryl methyl sites for hydroxylation is 3. The van der Waals surface area contributed by atoms with Crippen molar-refractivity contribution < 1.29 is 5.11 Å². The number of hydrogen-bond donors (Lipinski definition) is 2. The first kappa shape index (κ1) is 14.1. The Kier molecular flexibility index (Phi) is 5.08. The Morgan fingerprint density at radius 1 is 1.35 bits per heavy atom. The molecule has 0 aromatic carbocycles. The third kappa shape index (κ3) is 4.09. The van der Waals surface area contributed by atoms with E-state index in [2.05, 4.69) is 15.4 Å². The fourth-order valence-corrected chi connectivity index (χ4v) is 1.83. The first-order valence-corrected chi connectivity index (χ1v) is 6.18. The summed E-state index contributed by atoms with van der Waals surface area (Å²) in [6, 6.07) is 0. The topological polar surface area (TPSA) is 63.0 Å². The predicted molar refractivity (Wildman–Crippen MR) is 67.9 cm³/mol. The lowest BCUT2D eigenvalue weighted by molar-refractivity contribution is 0.170. The van der Waals surface area contributed by atoms with Gasteiger partial charge in [0.2, 0.25) is 0 Å². The van der Waals surface area contributed by atoms with Crippen LogP contribution in [0.3, 0.4) is 0 Å². The highest BCUT2D eigenvalue weighted by Gasteiger charge is 2.19. The van der Waals surface area contributed by atoms with Gasteiger partial charge in [-0.2, -0.15) is 5.10 Å². The van der Waals surface area contributed by atoms with E-state index in [-0.39, 0.29) is 12.1 Å². The molecule has 1 aromatic rings. The van der Waals surface area contributed by atoms with Gasteiger partial charge in [-0.3, -0.25) is 4.68 Å². The molecule has 0 amide bonds. The van der Waals surface area contributed by atoms with Crippen molar-refractivity contribution in [3.05, 3.63) is 11.6 Å². The van der Waals surface area contributed by atoms with Crippen LogP contribution in [0.1, 0.15) is 37.8 Å². The minimum Gasteiger partial charge on any atom is -0.394 e. The monoisotopic (exact) mass is 240 g/mol. The fourth-order valence-electron chi connectivity index (χ4n) is 1.83. The Bertz CT molecular complexity index is 344. The zero-order valence-corrected chi connectivity index (χ0v) is 11.3. The van der Waals surface area contributed by atoms with Crippen molar-refractivity contribution >= 4 is 0 Å². The van der Waals surface area contributed by atoms with Crippen LogP contribution in [0.25, 0.3) is 0 Å². The molecule has 98 valence electrons. The van der Waals surface area contributed by atoms with Gasteiger partial charge in [-0.25, -0.2) is 4.98 Å². The number of unbranched alkanes of at least 4 members (excludes halogenated alkanes) is 1. The van der Waals surface area contributed by atoms with Gasteiger partial charge >= 0.3 is 0 Å². The van der Waals surface area contributed by atoms with E-state index in [0.29, 0.717) is 0 Å². The number of aliphatic hydroxyl groups is 1. The van der Waals surface area contributed by atoms with Crippen LogP contribution in [0.5, 0.6) is 0 Å². The Morgan fingerprint density at radius 2 is 2.06 bits per heavy atom. The molecule has 1 rings (SSSR count). The van der Waals surface area contributed by atoms with Crippen molar-refractivity contribution in [2.45, 2.75) is 52.1 Å². The number of hydrogen-bond acceptors (Lipinski definition) is 4. The van der Waals surface area contributed by atoms with E-state index in [4.69, 9.17) is 0 Å². The first-order valence-electron chi connectivity index (χ1n) is 6.18. The third-order valence-corrected chi connectivity index (χ3v) is 3.26. The molecule has 0 saturated carbocycles. The van der Waals surface area contributed by atoms with Crippen LogP contribution in [0, 0.1) is 13.8 Å². The van der Waals surface area contributed by atoms with Crippen molar-refractivity contribution in [2.75, 3.05) is 13.7 Å². The third-order valence-electron chi connectivity index (χ3n) is 3.26. The lowest BCUT2D eigenvalue weighted by Crippen LogP contribution is -2.43. The van der Waals surface area contributed by atoms with Crippen LogP contribution in [0.4, 0.5) is 0 Å². The standard InChI is InChI=1S/C12H24N4O/c1-10-14-11(2)16(15-10)8-6-5-7-12(3,9-17)13-4/h13,17H,5-9H2,1-4H3. The van der Waals surface area contributed by atoms with Crippen molar-refractivity contribution in [1.29, 1.82) is 0 Å². The second-order valence-electron chi connectivity index (χ2n) is 4.86. The van der Waals surface area contributed by atoms with Crippen LogP contribution in [0.15, 0.2) is 0 Å². The Hall–Kier alpha value is -0.940. The van der Waals surface area contributed by atoms with Gasteiger partial charge < -0.3 is 10.4 Å². The maximum absolute atomic E-state index is 9.26. The van der Waals surface area contributed by atoms with Gasteiger partial charge in [-0.15, -0.1) is 0 Å². The average molecular weight is 240 g/mol. The molecule has 1 unspecified atom stereocenters. The van der Waals surface area contributed by atoms with Gasteiger partial charge in [0.1, 0.15) is 11.6 Å². The molecule has 2 N–H and O–H groups in total. The number of nitrogens with zero attached hydrogens (tertiary/aromatic N) is 3. The highest BCUT2D eigenvalue weighted by atomic mass is 16.3. The molecule has 5 heteroatoms. The summed E-state index contributed by atoms with van der Waals surface area (Å²) in [7, 11) is 1.89. The molecule has 0 aliphatic rings. The van der Waals surface area contributed by atoms with Gasteiger partial charge in [-0.1, -0.05) is 0 Å². The molecule has 0 spiro atoms. The normalized spacial score (nSPS) is 14.9. The number of rotatable bonds is 7. The second kappa shape index (κ2) is 6.12. The van der Waals surface area contributed by atoms with E-state index in [1.165, 1.54) is 0 Å². The average Bonchev–Trinajstić information content (AvgIpc) is 2.63. The zero-order chi connectivity index (χ0) is 12.9. The second-order valence-corrected chi connectivity index (χ2v) is 4.86. The van der Waals surface area contributed by atoms with Crippen molar-refractivity contribution in [1.82, 2.24) is 20.1 Å². The Labute approximate surface area is 103 Å². The maximum atomic E-state index is 9.26. The van der Waals surface area contributed by atoms with Crippen LogP contribution >= 0.6 is 0 Å². The highest BCUT2D eigenvalue weighted by Crippen LogP contribution is 2.13. The molecule has 0 saturated heterocycles. The molecule has 17 heavy (non-hydrogen) atoms. The Morgan fingerprint density at radius 3 is 2.53 bits per heavy atom. The molecule has 1 heterocycles. The minimum atomic E-state index is -0.159. The maximum Gasteiger partial charge on any atom is 0.147 e. The summed E-state index contributed by atoms with van der Waals surface area (Å²) in [6.45, 7) is 7.00. The molecule has 0 radical (unpaired) electrons. The van der Waals surface area contributed by atoms with Crippen molar-refractivity contribution in [3.8, 4) is 0 Å². The summed E-state index contributed by atoms with van der Waals surface area (Å²) >= 11 is 0. The number of aliphatic hydroxyl groups excluding tert-OH is 1. The SMILES string of the molecule is CNC(C)(CO)CCCCn1nc(C)nc1C. The molecule has 1 atom stereocenters. The summed E-state index contributed by atoms with van der Waals surface area (Å²) in [4.78, 5) is 4.27. The number of likely N-dealkylation sites (N-methyl/N-ethyl adjacent to an activating group) is 1. The van der Waals surface area contributed by atoms with Gasteiger partial charge in [0.15, 0.2) is 0 Å². The largest absolute Gasteiger partial charge is 0.394 e. The van der Waals surface area contributed by atoms with Crippen LogP contribution in [-0.4, -0.2) is 39.1 Å². The molecule has 0 bridgehead atoms. The van der Waals surface area contributed by atoms with E-state index in [1.54, 1.807) is 0 Å². The molecule has 5 nitrogen and oxygen atoms in total. The molecule has 0 fully saturated rings. The molecule has 1 aromatic heterocycles. The summed E-state index contributed by atoms with van der Waals surface area (Å²) in [5, 5.41) is 16.7. The summed E-state index contributed by atoms with van der Waals surface area (Å²) in [5.74, 6) is 1.80. The van der Waals surface area contributed by atoms with Crippen LogP contribution < -0.4 is 5.32 Å².